The zero-order valence-electron chi connectivity index (χ0n) is 11.1. The van der Waals surface area contributed by atoms with E-state index in [0.717, 1.165) is 31.6 Å². The minimum absolute atomic E-state index is 0.239. The Morgan fingerprint density at radius 2 is 2.25 bits per heavy atom. The molecule has 0 spiro atoms. The fourth-order valence-electron chi connectivity index (χ4n) is 2.17. The van der Waals surface area contributed by atoms with Crippen LogP contribution in [0.4, 0.5) is 0 Å². The van der Waals surface area contributed by atoms with Crippen molar-refractivity contribution in [3.63, 3.8) is 0 Å². The second-order valence-corrected chi connectivity index (χ2v) is 7.47. The molecule has 1 atom stereocenters. The molecule has 1 unspecified atom stereocenters. The third-order valence-electron chi connectivity index (χ3n) is 3.39. The topological polar surface area (TPSA) is 81.4 Å². The molecule has 0 radical (unpaired) electrons. The highest BCUT2D eigenvalue weighted by Gasteiger charge is 2.20. The molecule has 1 heterocycles. The molecule has 7 heteroatoms. The molecule has 0 bridgehead atoms. The van der Waals surface area contributed by atoms with Gasteiger partial charge in [0.2, 0.25) is 10.0 Å². The van der Waals surface area contributed by atoms with Crippen molar-refractivity contribution in [2.24, 2.45) is 11.7 Å². The molecule has 1 saturated heterocycles. The minimum Gasteiger partial charge on any atom is -0.381 e. The highest BCUT2D eigenvalue weighted by atomic mass is 79.9. The summed E-state index contributed by atoms with van der Waals surface area (Å²) in [4.78, 5) is 0.239. The number of benzene rings is 1. The molecule has 1 aliphatic rings. The summed E-state index contributed by atoms with van der Waals surface area (Å²) >= 11 is 3.27. The van der Waals surface area contributed by atoms with E-state index < -0.39 is 10.0 Å². The molecule has 3 N–H and O–H groups in total. The lowest BCUT2D eigenvalue weighted by Crippen LogP contribution is -2.26. The first-order chi connectivity index (χ1) is 9.53. The summed E-state index contributed by atoms with van der Waals surface area (Å²) in [6, 6.07) is 5.12. The van der Waals surface area contributed by atoms with Gasteiger partial charge in [0.15, 0.2) is 0 Å². The Morgan fingerprint density at radius 3 is 2.90 bits per heavy atom. The van der Waals surface area contributed by atoms with Crippen LogP contribution in [0, 0.1) is 5.92 Å². The van der Waals surface area contributed by atoms with Crippen molar-refractivity contribution >= 4 is 26.0 Å². The molecule has 1 aromatic rings. The zero-order chi connectivity index (χ0) is 14.6. The molecule has 0 amide bonds. The number of nitrogens with two attached hydrogens (primary N) is 1. The second kappa shape index (κ2) is 7.00. The van der Waals surface area contributed by atoms with E-state index in [1.807, 2.05) is 0 Å². The van der Waals surface area contributed by atoms with E-state index in [1.54, 1.807) is 18.2 Å². The Labute approximate surface area is 128 Å². The summed E-state index contributed by atoms with van der Waals surface area (Å²) in [6.07, 6.45) is 1.81. The monoisotopic (exact) mass is 362 g/mol. The second-order valence-electron chi connectivity index (χ2n) is 4.88. The maximum absolute atomic E-state index is 12.3. The van der Waals surface area contributed by atoms with Crippen molar-refractivity contribution in [2.45, 2.75) is 24.3 Å². The Bertz CT molecular complexity index is 557. The minimum atomic E-state index is -3.51. The van der Waals surface area contributed by atoms with Crippen LogP contribution in [-0.4, -0.2) is 28.2 Å². The maximum atomic E-state index is 12.3. The normalized spacial score (nSPS) is 19.4. The molecule has 1 aromatic carbocycles. The molecule has 112 valence electrons. The van der Waals surface area contributed by atoms with Crippen molar-refractivity contribution < 1.29 is 13.2 Å². The van der Waals surface area contributed by atoms with Crippen molar-refractivity contribution in [2.75, 3.05) is 19.8 Å². The predicted octanol–water partition coefficient (Wildman–Crippen LogP) is 1.61. The fraction of sp³-hybridized carbons (Fsp3) is 0.538. The average Bonchev–Trinajstić information content (AvgIpc) is 2.92. The van der Waals surface area contributed by atoms with Crippen LogP contribution in [-0.2, 0) is 21.3 Å². The van der Waals surface area contributed by atoms with Gasteiger partial charge in [0.05, 0.1) is 4.90 Å². The maximum Gasteiger partial charge on any atom is 0.241 e. The van der Waals surface area contributed by atoms with Crippen molar-refractivity contribution in [1.29, 1.82) is 0 Å². The Kier molecular flexibility index (Phi) is 5.57. The number of hydrogen-bond donors (Lipinski definition) is 2. The lowest BCUT2D eigenvalue weighted by molar-refractivity contribution is 0.184. The van der Waals surface area contributed by atoms with Crippen LogP contribution in [0.5, 0.6) is 0 Å². The number of rotatable bonds is 6. The number of sulfonamides is 1. The smallest absolute Gasteiger partial charge is 0.241 e. The first-order valence-corrected chi connectivity index (χ1v) is 8.86. The van der Waals surface area contributed by atoms with E-state index in [1.165, 1.54) is 0 Å². The number of halogens is 1. The van der Waals surface area contributed by atoms with Gasteiger partial charge in [-0.2, -0.15) is 0 Å². The van der Waals surface area contributed by atoms with Gasteiger partial charge in [-0.25, -0.2) is 13.1 Å². The van der Waals surface area contributed by atoms with Gasteiger partial charge in [0, 0.05) is 30.8 Å². The molecule has 0 aliphatic carbocycles. The van der Waals surface area contributed by atoms with Crippen molar-refractivity contribution in [3.8, 4) is 0 Å². The molecule has 2 rings (SSSR count). The third kappa shape index (κ3) is 4.02. The molecular formula is C13H19BrN2O3S. The Balaban J connectivity index is 2.01. The zero-order valence-corrected chi connectivity index (χ0v) is 13.5. The molecule has 0 saturated carbocycles. The average molecular weight is 363 g/mol. The predicted molar refractivity (Wildman–Crippen MR) is 80.8 cm³/mol. The SMILES string of the molecule is NCc1ccc(Br)c(S(=O)(=O)NCCC2CCOC2)c1. The van der Waals surface area contributed by atoms with Crippen LogP contribution < -0.4 is 10.5 Å². The lowest BCUT2D eigenvalue weighted by atomic mass is 10.1. The first-order valence-electron chi connectivity index (χ1n) is 6.59. The highest BCUT2D eigenvalue weighted by molar-refractivity contribution is 9.10. The standard InChI is InChI=1S/C13H19BrN2O3S/c14-12-2-1-11(8-15)7-13(12)20(17,18)16-5-3-10-4-6-19-9-10/h1-2,7,10,16H,3-6,8-9,15H2. The molecule has 5 nitrogen and oxygen atoms in total. The first kappa shape index (κ1) is 15.9. The van der Waals surface area contributed by atoms with E-state index >= 15 is 0 Å². The fourth-order valence-corrected chi connectivity index (χ4v) is 4.23. The quantitative estimate of drug-likeness (QED) is 0.805. The summed E-state index contributed by atoms with van der Waals surface area (Å²) in [5.74, 6) is 0.455. The van der Waals surface area contributed by atoms with E-state index in [4.69, 9.17) is 10.5 Å². The van der Waals surface area contributed by atoms with Gasteiger partial charge in [-0.1, -0.05) is 6.07 Å². The van der Waals surface area contributed by atoms with E-state index in [0.29, 0.717) is 23.5 Å². The van der Waals surface area contributed by atoms with Crippen molar-refractivity contribution in [1.82, 2.24) is 4.72 Å². The lowest BCUT2D eigenvalue weighted by Gasteiger charge is -2.11. The number of ether oxygens (including phenoxy) is 1. The summed E-state index contributed by atoms with van der Waals surface area (Å²) in [6.45, 7) is 2.25. The van der Waals surface area contributed by atoms with E-state index in [2.05, 4.69) is 20.7 Å². The molecule has 20 heavy (non-hydrogen) atoms. The third-order valence-corrected chi connectivity index (χ3v) is 5.84. The summed E-state index contributed by atoms with van der Waals surface area (Å²) < 4.78 is 33.0. The van der Waals surface area contributed by atoms with E-state index in [-0.39, 0.29) is 4.90 Å². The van der Waals surface area contributed by atoms with Gasteiger partial charge in [-0.15, -0.1) is 0 Å². The van der Waals surface area contributed by atoms with Crippen molar-refractivity contribution in [3.05, 3.63) is 28.2 Å². The Hall–Kier alpha value is -0.470. The number of nitrogens with one attached hydrogen (secondary N) is 1. The van der Waals surface area contributed by atoms with Crippen LogP contribution in [0.3, 0.4) is 0 Å². The summed E-state index contributed by atoms with van der Waals surface area (Å²) in [5, 5.41) is 0. The van der Waals surface area contributed by atoms with Gasteiger partial charge in [-0.3, -0.25) is 0 Å². The van der Waals surface area contributed by atoms with Crippen LogP contribution in [0.15, 0.2) is 27.6 Å². The summed E-state index contributed by atoms with van der Waals surface area (Å²) in [5.41, 5.74) is 6.34. The molecule has 1 aliphatic heterocycles. The number of hydrogen-bond acceptors (Lipinski definition) is 4. The summed E-state index contributed by atoms with van der Waals surface area (Å²) in [7, 11) is -3.51. The molecular weight excluding hydrogens is 344 g/mol. The van der Waals surface area contributed by atoms with Crippen LogP contribution in [0.1, 0.15) is 18.4 Å². The Morgan fingerprint density at radius 1 is 1.45 bits per heavy atom. The van der Waals surface area contributed by atoms with Gasteiger partial charge in [0.25, 0.3) is 0 Å². The molecule has 0 aromatic heterocycles. The van der Waals surface area contributed by atoms with Gasteiger partial charge >= 0.3 is 0 Å². The van der Waals surface area contributed by atoms with Crippen LogP contribution in [0.25, 0.3) is 0 Å². The van der Waals surface area contributed by atoms with Crippen LogP contribution in [0.2, 0.25) is 0 Å². The van der Waals surface area contributed by atoms with E-state index in [9.17, 15) is 8.42 Å². The van der Waals surface area contributed by atoms with Crippen LogP contribution >= 0.6 is 15.9 Å². The van der Waals surface area contributed by atoms with Gasteiger partial charge in [-0.05, 0) is 52.4 Å². The molecule has 1 fully saturated rings. The largest absolute Gasteiger partial charge is 0.381 e. The van der Waals surface area contributed by atoms with Gasteiger partial charge < -0.3 is 10.5 Å². The van der Waals surface area contributed by atoms with Gasteiger partial charge in [0.1, 0.15) is 0 Å². The highest BCUT2D eigenvalue weighted by Crippen LogP contribution is 2.23.